The monoisotopic (exact) mass is 403 g/mol. The molecule has 2 aromatic carbocycles. The summed E-state index contributed by atoms with van der Waals surface area (Å²) in [6.45, 7) is 4.33. The average Bonchev–Trinajstić information content (AvgIpc) is 3.22. The van der Waals surface area contributed by atoms with E-state index in [4.69, 9.17) is 4.74 Å². The van der Waals surface area contributed by atoms with Crippen molar-refractivity contribution in [3.05, 3.63) is 78.0 Å². The number of aromatic amines is 1. The van der Waals surface area contributed by atoms with Gasteiger partial charge in [-0.05, 0) is 48.2 Å². The van der Waals surface area contributed by atoms with Crippen molar-refractivity contribution in [1.82, 2.24) is 15.2 Å². The summed E-state index contributed by atoms with van der Waals surface area (Å²) >= 11 is 0. The Balaban J connectivity index is 1.61. The average molecular weight is 403 g/mol. The summed E-state index contributed by atoms with van der Waals surface area (Å²) in [4.78, 5) is 17.3. The highest BCUT2D eigenvalue weighted by Crippen LogP contribution is 2.33. The number of nitrogens with one attached hydrogen (secondary N) is 1. The summed E-state index contributed by atoms with van der Waals surface area (Å²) in [5.74, 6) is 0.225. The number of nitrogens with zero attached hydrogens (tertiary/aromatic N) is 2. The van der Waals surface area contributed by atoms with Crippen LogP contribution in [0.4, 0.5) is 4.39 Å². The number of ketones is 1. The molecule has 2 aromatic heterocycles. The molecule has 1 N–H and O–H groups in total. The molecule has 5 nitrogen and oxygen atoms in total. The van der Waals surface area contributed by atoms with Crippen LogP contribution in [0.3, 0.4) is 0 Å². The maximum atomic E-state index is 13.7. The summed E-state index contributed by atoms with van der Waals surface area (Å²) in [5.41, 5.74) is 3.90. The van der Waals surface area contributed by atoms with Gasteiger partial charge in [-0.1, -0.05) is 25.1 Å². The maximum absolute atomic E-state index is 13.7. The number of Topliss-reactive ketones (excluding diaryl/α,β-unsaturated/α-hetero) is 1. The topological polar surface area (TPSA) is 67.9 Å². The predicted molar refractivity (Wildman–Crippen MR) is 114 cm³/mol. The molecule has 0 amide bonds. The second kappa shape index (κ2) is 8.45. The zero-order valence-electron chi connectivity index (χ0n) is 16.9. The van der Waals surface area contributed by atoms with Gasteiger partial charge in [0.25, 0.3) is 0 Å². The quantitative estimate of drug-likeness (QED) is 0.412. The highest BCUT2D eigenvalue weighted by atomic mass is 19.1. The summed E-state index contributed by atoms with van der Waals surface area (Å²) in [6, 6.07) is 11.7. The Labute approximate surface area is 173 Å². The molecule has 0 aliphatic rings. The lowest BCUT2D eigenvalue weighted by Crippen LogP contribution is -2.07. The third-order valence-electron chi connectivity index (χ3n) is 5.15. The molecule has 0 aliphatic heterocycles. The normalized spacial score (nSPS) is 12.1. The molecule has 2 heterocycles. The Morgan fingerprint density at radius 1 is 1.17 bits per heavy atom. The minimum Gasteiger partial charge on any atom is -0.493 e. The summed E-state index contributed by atoms with van der Waals surface area (Å²) < 4.78 is 19.4. The lowest BCUT2D eigenvalue weighted by atomic mass is 9.92. The van der Waals surface area contributed by atoms with Crippen LogP contribution in [-0.4, -0.2) is 27.6 Å². The first-order chi connectivity index (χ1) is 14.6. The maximum Gasteiger partial charge on any atom is 0.163 e. The van der Waals surface area contributed by atoms with Crippen LogP contribution in [0.15, 0.2) is 61.1 Å². The van der Waals surface area contributed by atoms with Crippen molar-refractivity contribution in [2.45, 2.75) is 26.2 Å². The van der Waals surface area contributed by atoms with Crippen LogP contribution in [0.2, 0.25) is 0 Å². The van der Waals surface area contributed by atoms with E-state index in [0.717, 1.165) is 22.0 Å². The molecule has 0 saturated heterocycles. The molecular weight excluding hydrogens is 381 g/mol. The first-order valence-electron chi connectivity index (χ1n) is 9.89. The van der Waals surface area contributed by atoms with Gasteiger partial charge in [0.1, 0.15) is 11.6 Å². The van der Waals surface area contributed by atoms with E-state index in [0.29, 0.717) is 29.9 Å². The van der Waals surface area contributed by atoms with Gasteiger partial charge < -0.3 is 4.74 Å². The first kappa shape index (κ1) is 19.8. The Morgan fingerprint density at radius 2 is 2.03 bits per heavy atom. The number of halogens is 1. The zero-order valence-corrected chi connectivity index (χ0v) is 16.9. The van der Waals surface area contributed by atoms with Crippen molar-refractivity contribution < 1.29 is 13.9 Å². The molecular formula is C24H22FN3O2. The van der Waals surface area contributed by atoms with E-state index in [2.05, 4.69) is 15.2 Å². The van der Waals surface area contributed by atoms with Crippen LogP contribution in [0.25, 0.3) is 22.0 Å². The molecule has 4 aromatic rings. The van der Waals surface area contributed by atoms with Gasteiger partial charge in [0.05, 0.1) is 18.3 Å². The van der Waals surface area contributed by atoms with E-state index < -0.39 is 0 Å². The first-order valence-corrected chi connectivity index (χ1v) is 9.89. The molecule has 4 rings (SSSR count). The molecule has 30 heavy (non-hydrogen) atoms. The fraction of sp³-hybridized carbons (Fsp3) is 0.208. The van der Waals surface area contributed by atoms with E-state index >= 15 is 0 Å². The fourth-order valence-electron chi connectivity index (χ4n) is 3.63. The molecule has 0 spiro atoms. The fourth-order valence-corrected chi connectivity index (χ4v) is 3.63. The third kappa shape index (κ3) is 3.94. The van der Waals surface area contributed by atoms with E-state index in [9.17, 15) is 9.18 Å². The SMILES string of the molecule is CCOc1cc(C(=O)C[C@H](C)c2cncc3cn[nH]c23)ccc1-c1cccc(F)c1. The van der Waals surface area contributed by atoms with Crippen molar-refractivity contribution in [3.63, 3.8) is 0 Å². The van der Waals surface area contributed by atoms with Gasteiger partial charge in [0, 0.05) is 35.3 Å². The van der Waals surface area contributed by atoms with Crippen molar-refractivity contribution in [1.29, 1.82) is 0 Å². The number of carbonyl (C=O) groups is 1. The summed E-state index contributed by atoms with van der Waals surface area (Å²) in [7, 11) is 0. The largest absolute Gasteiger partial charge is 0.493 e. The molecule has 0 radical (unpaired) electrons. The van der Waals surface area contributed by atoms with Gasteiger partial charge in [0.15, 0.2) is 5.78 Å². The second-order valence-electron chi connectivity index (χ2n) is 7.25. The number of fused-ring (bicyclic) bond motifs is 1. The number of benzene rings is 2. The third-order valence-corrected chi connectivity index (χ3v) is 5.15. The minimum absolute atomic E-state index is 0.00534. The molecule has 0 aliphatic carbocycles. The molecule has 0 unspecified atom stereocenters. The number of pyridine rings is 1. The van der Waals surface area contributed by atoms with Gasteiger partial charge in [-0.25, -0.2) is 4.39 Å². The molecule has 1 atom stereocenters. The Kier molecular flexibility index (Phi) is 5.57. The van der Waals surface area contributed by atoms with Gasteiger partial charge in [-0.2, -0.15) is 5.10 Å². The molecule has 0 bridgehead atoms. The van der Waals surface area contributed by atoms with Gasteiger partial charge >= 0.3 is 0 Å². The summed E-state index contributed by atoms with van der Waals surface area (Å²) in [6.07, 6.45) is 5.57. The lowest BCUT2D eigenvalue weighted by Gasteiger charge is -2.14. The van der Waals surface area contributed by atoms with Crippen LogP contribution in [-0.2, 0) is 0 Å². The molecule has 152 valence electrons. The van der Waals surface area contributed by atoms with E-state index in [1.807, 2.05) is 26.0 Å². The smallest absolute Gasteiger partial charge is 0.163 e. The van der Waals surface area contributed by atoms with Crippen LogP contribution in [0, 0.1) is 5.82 Å². The molecule has 0 fully saturated rings. The number of ether oxygens (including phenoxy) is 1. The minimum atomic E-state index is -0.314. The van der Waals surface area contributed by atoms with Crippen molar-refractivity contribution in [2.24, 2.45) is 0 Å². The van der Waals surface area contributed by atoms with Crippen LogP contribution in [0.5, 0.6) is 5.75 Å². The van der Waals surface area contributed by atoms with Crippen LogP contribution >= 0.6 is 0 Å². The highest BCUT2D eigenvalue weighted by molar-refractivity contribution is 5.98. The number of carbonyl (C=O) groups excluding carboxylic acids is 1. The van der Waals surface area contributed by atoms with Gasteiger partial charge in [-0.3, -0.25) is 14.9 Å². The second-order valence-corrected chi connectivity index (χ2v) is 7.25. The van der Waals surface area contributed by atoms with Crippen molar-refractivity contribution in [3.8, 4) is 16.9 Å². The van der Waals surface area contributed by atoms with Crippen molar-refractivity contribution in [2.75, 3.05) is 6.61 Å². The van der Waals surface area contributed by atoms with E-state index in [1.54, 1.807) is 36.8 Å². The molecule has 0 saturated carbocycles. The summed E-state index contributed by atoms with van der Waals surface area (Å²) in [5, 5.41) is 7.97. The Morgan fingerprint density at radius 3 is 2.83 bits per heavy atom. The molecule has 6 heteroatoms. The number of H-pyrrole nitrogens is 1. The van der Waals surface area contributed by atoms with Crippen LogP contribution < -0.4 is 4.74 Å². The Hall–Kier alpha value is -3.54. The lowest BCUT2D eigenvalue weighted by molar-refractivity contribution is 0.0975. The standard InChI is InChI=1S/C24H22FN3O2/c1-3-30-23-11-17(7-8-20(23)16-5-4-6-19(25)10-16)22(29)9-15(2)21-14-26-12-18-13-27-28-24(18)21/h4-8,10-15H,3,9H2,1-2H3,(H,27,28)/t15-/m0/s1. The van der Waals surface area contributed by atoms with Crippen LogP contribution in [0.1, 0.15) is 42.1 Å². The predicted octanol–water partition coefficient (Wildman–Crippen LogP) is 5.54. The van der Waals surface area contributed by atoms with E-state index in [1.165, 1.54) is 12.1 Å². The number of aromatic nitrogens is 3. The Bertz CT molecular complexity index is 1200. The van der Waals surface area contributed by atoms with Gasteiger partial charge in [0.2, 0.25) is 0 Å². The zero-order chi connectivity index (χ0) is 21.1. The number of hydrogen-bond acceptors (Lipinski definition) is 4. The number of hydrogen-bond donors (Lipinski definition) is 1. The van der Waals surface area contributed by atoms with E-state index in [-0.39, 0.29) is 17.5 Å². The van der Waals surface area contributed by atoms with Gasteiger partial charge in [-0.15, -0.1) is 0 Å². The highest BCUT2D eigenvalue weighted by Gasteiger charge is 2.18. The number of rotatable bonds is 7. The van der Waals surface area contributed by atoms with Crippen molar-refractivity contribution >= 4 is 16.7 Å².